The van der Waals surface area contributed by atoms with Crippen molar-refractivity contribution in [3.8, 4) is 0 Å². The van der Waals surface area contributed by atoms with E-state index < -0.39 is 0 Å². The normalized spacial score (nSPS) is 22.6. The monoisotopic (exact) mass is 256 g/mol. The SMILES string of the molecule is NC1COCC1C(=O)Nc1ccc2ccccc2c1. The predicted molar refractivity (Wildman–Crippen MR) is 74.9 cm³/mol. The lowest BCUT2D eigenvalue weighted by Crippen LogP contribution is -2.37. The average molecular weight is 256 g/mol. The Labute approximate surface area is 111 Å². The molecule has 3 rings (SSSR count). The maximum absolute atomic E-state index is 12.1. The van der Waals surface area contributed by atoms with E-state index in [4.69, 9.17) is 10.5 Å². The fraction of sp³-hybridized carbons (Fsp3) is 0.267. The second-order valence-electron chi connectivity index (χ2n) is 4.86. The number of carbonyl (C=O) groups excluding carboxylic acids is 1. The molecule has 0 saturated carbocycles. The van der Waals surface area contributed by atoms with Gasteiger partial charge in [0, 0.05) is 11.7 Å². The Morgan fingerprint density at radius 3 is 2.68 bits per heavy atom. The van der Waals surface area contributed by atoms with Crippen LogP contribution >= 0.6 is 0 Å². The molecule has 1 aliphatic rings. The third kappa shape index (κ3) is 2.45. The van der Waals surface area contributed by atoms with Gasteiger partial charge in [-0.25, -0.2) is 0 Å². The lowest BCUT2D eigenvalue weighted by Gasteiger charge is -2.13. The molecule has 2 unspecified atom stereocenters. The molecule has 1 amide bonds. The topological polar surface area (TPSA) is 64.3 Å². The first kappa shape index (κ1) is 12.1. The van der Waals surface area contributed by atoms with E-state index in [1.165, 1.54) is 0 Å². The Morgan fingerprint density at radius 1 is 1.16 bits per heavy atom. The lowest BCUT2D eigenvalue weighted by atomic mass is 10.0. The minimum Gasteiger partial charge on any atom is -0.379 e. The van der Waals surface area contributed by atoms with Crippen molar-refractivity contribution in [2.75, 3.05) is 18.5 Å². The summed E-state index contributed by atoms with van der Waals surface area (Å²) >= 11 is 0. The minimum absolute atomic E-state index is 0.0692. The molecule has 4 heteroatoms. The largest absolute Gasteiger partial charge is 0.379 e. The number of hydrogen-bond acceptors (Lipinski definition) is 3. The van der Waals surface area contributed by atoms with E-state index in [1.54, 1.807) is 0 Å². The summed E-state index contributed by atoms with van der Waals surface area (Å²) in [5, 5.41) is 5.17. The van der Waals surface area contributed by atoms with Gasteiger partial charge in [-0.15, -0.1) is 0 Å². The van der Waals surface area contributed by atoms with E-state index in [0.717, 1.165) is 16.5 Å². The van der Waals surface area contributed by atoms with Crippen LogP contribution in [0.4, 0.5) is 5.69 Å². The summed E-state index contributed by atoms with van der Waals surface area (Å²) in [6, 6.07) is 13.7. The highest BCUT2D eigenvalue weighted by Gasteiger charge is 2.31. The smallest absolute Gasteiger partial charge is 0.231 e. The molecule has 1 heterocycles. The zero-order chi connectivity index (χ0) is 13.2. The van der Waals surface area contributed by atoms with Crippen molar-refractivity contribution in [1.82, 2.24) is 0 Å². The van der Waals surface area contributed by atoms with Crippen molar-refractivity contribution in [1.29, 1.82) is 0 Å². The van der Waals surface area contributed by atoms with Gasteiger partial charge in [0.05, 0.1) is 19.1 Å². The van der Waals surface area contributed by atoms with E-state index in [9.17, 15) is 4.79 Å². The standard InChI is InChI=1S/C15H16N2O2/c16-14-9-19-8-13(14)15(18)17-12-6-5-10-3-1-2-4-11(10)7-12/h1-7,13-14H,8-9,16H2,(H,17,18). The number of benzene rings is 2. The van der Waals surface area contributed by atoms with Crippen LogP contribution in [0, 0.1) is 5.92 Å². The van der Waals surface area contributed by atoms with Crippen molar-refractivity contribution in [3.63, 3.8) is 0 Å². The first-order valence-corrected chi connectivity index (χ1v) is 6.37. The summed E-state index contributed by atoms with van der Waals surface area (Å²) in [7, 11) is 0. The predicted octanol–water partition coefficient (Wildman–Crippen LogP) is 1.75. The van der Waals surface area contributed by atoms with Crippen LogP contribution in [-0.2, 0) is 9.53 Å². The molecule has 0 spiro atoms. The van der Waals surface area contributed by atoms with Gasteiger partial charge >= 0.3 is 0 Å². The number of fused-ring (bicyclic) bond motifs is 1. The third-order valence-electron chi connectivity index (χ3n) is 3.48. The fourth-order valence-electron chi connectivity index (χ4n) is 2.34. The molecule has 19 heavy (non-hydrogen) atoms. The lowest BCUT2D eigenvalue weighted by molar-refractivity contribution is -0.120. The van der Waals surface area contributed by atoms with Gasteiger partial charge in [0.25, 0.3) is 0 Å². The molecular weight excluding hydrogens is 240 g/mol. The van der Waals surface area contributed by atoms with Crippen molar-refractivity contribution in [2.24, 2.45) is 11.7 Å². The van der Waals surface area contributed by atoms with Crippen molar-refractivity contribution >= 4 is 22.4 Å². The second kappa shape index (κ2) is 4.99. The highest BCUT2D eigenvalue weighted by molar-refractivity contribution is 5.96. The molecule has 0 aromatic heterocycles. The number of rotatable bonds is 2. The molecular formula is C15H16N2O2. The Balaban J connectivity index is 1.79. The molecule has 0 radical (unpaired) electrons. The first-order valence-electron chi connectivity index (χ1n) is 6.37. The number of carbonyl (C=O) groups is 1. The van der Waals surface area contributed by atoms with Gasteiger partial charge in [0.1, 0.15) is 0 Å². The van der Waals surface area contributed by atoms with E-state index in [1.807, 2.05) is 42.5 Å². The highest BCUT2D eigenvalue weighted by Crippen LogP contribution is 2.20. The summed E-state index contributed by atoms with van der Waals surface area (Å²) in [6.45, 7) is 0.858. The van der Waals surface area contributed by atoms with Crippen LogP contribution in [-0.4, -0.2) is 25.2 Å². The number of anilines is 1. The van der Waals surface area contributed by atoms with Gasteiger partial charge in [-0.1, -0.05) is 30.3 Å². The first-order chi connectivity index (χ1) is 9.24. The Morgan fingerprint density at radius 2 is 1.95 bits per heavy atom. The number of hydrogen-bond donors (Lipinski definition) is 2. The van der Waals surface area contributed by atoms with E-state index in [2.05, 4.69) is 5.32 Å². The number of amides is 1. The maximum Gasteiger partial charge on any atom is 0.231 e. The van der Waals surface area contributed by atoms with E-state index >= 15 is 0 Å². The molecule has 98 valence electrons. The summed E-state index contributed by atoms with van der Waals surface area (Å²) in [4.78, 5) is 12.1. The number of nitrogens with one attached hydrogen (secondary N) is 1. The molecule has 2 aromatic rings. The second-order valence-corrected chi connectivity index (χ2v) is 4.86. The maximum atomic E-state index is 12.1. The number of ether oxygens (including phenoxy) is 1. The van der Waals surface area contributed by atoms with E-state index in [0.29, 0.717) is 13.2 Å². The summed E-state index contributed by atoms with van der Waals surface area (Å²) in [6.07, 6.45) is 0. The Bertz CT molecular complexity index is 612. The zero-order valence-corrected chi connectivity index (χ0v) is 10.5. The van der Waals surface area contributed by atoms with Crippen molar-refractivity contribution < 1.29 is 9.53 Å². The van der Waals surface area contributed by atoms with E-state index in [-0.39, 0.29) is 17.9 Å². The van der Waals surface area contributed by atoms with Crippen molar-refractivity contribution in [3.05, 3.63) is 42.5 Å². The van der Waals surface area contributed by atoms with Crippen LogP contribution in [0.3, 0.4) is 0 Å². The zero-order valence-electron chi connectivity index (χ0n) is 10.5. The summed E-state index contributed by atoms with van der Waals surface area (Å²) < 4.78 is 5.21. The van der Waals surface area contributed by atoms with Gasteiger partial charge < -0.3 is 15.8 Å². The van der Waals surface area contributed by atoms with Gasteiger partial charge in [-0.2, -0.15) is 0 Å². The summed E-state index contributed by atoms with van der Waals surface area (Å²) in [5.41, 5.74) is 6.63. The van der Waals surface area contributed by atoms with Crippen LogP contribution < -0.4 is 11.1 Å². The summed E-state index contributed by atoms with van der Waals surface area (Å²) in [5.74, 6) is -0.327. The van der Waals surface area contributed by atoms with Crippen molar-refractivity contribution in [2.45, 2.75) is 6.04 Å². The molecule has 1 saturated heterocycles. The minimum atomic E-state index is -0.258. The van der Waals surface area contributed by atoms with Gasteiger partial charge in [-0.05, 0) is 22.9 Å². The number of nitrogens with two attached hydrogens (primary N) is 1. The van der Waals surface area contributed by atoms with Gasteiger partial charge in [-0.3, -0.25) is 4.79 Å². The quantitative estimate of drug-likeness (QED) is 0.860. The molecule has 3 N–H and O–H groups in total. The highest BCUT2D eigenvalue weighted by atomic mass is 16.5. The third-order valence-corrected chi connectivity index (χ3v) is 3.48. The molecule has 2 atom stereocenters. The molecule has 4 nitrogen and oxygen atoms in total. The van der Waals surface area contributed by atoms with Crippen LogP contribution in [0.5, 0.6) is 0 Å². The Hall–Kier alpha value is -1.91. The van der Waals surface area contributed by atoms with Crippen LogP contribution in [0.2, 0.25) is 0 Å². The van der Waals surface area contributed by atoms with Crippen LogP contribution in [0.15, 0.2) is 42.5 Å². The fourth-order valence-corrected chi connectivity index (χ4v) is 2.34. The molecule has 1 fully saturated rings. The molecule has 2 aromatic carbocycles. The Kier molecular flexibility index (Phi) is 3.19. The van der Waals surface area contributed by atoms with Gasteiger partial charge in [0.2, 0.25) is 5.91 Å². The van der Waals surface area contributed by atoms with Gasteiger partial charge in [0.15, 0.2) is 0 Å². The average Bonchev–Trinajstić information content (AvgIpc) is 2.85. The van der Waals surface area contributed by atoms with Crippen LogP contribution in [0.1, 0.15) is 0 Å². The molecule has 1 aliphatic heterocycles. The molecule has 0 bridgehead atoms. The van der Waals surface area contributed by atoms with Crippen LogP contribution in [0.25, 0.3) is 10.8 Å². The molecule has 0 aliphatic carbocycles.